The molecular weight excluding hydrogens is 787 g/mol. The van der Waals surface area contributed by atoms with E-state index >= 15 is 0 Å². The number of nitrogens with zero attached hydrogens (tertiary/aromatic N) is 7. The molecule has 0 aliphatic carbocycles. The molecule has 13 nitrogen and oxygen atoms in total. The van der Waals surface area contributed by atoms with Crippen LogP contribution in [-0.4, -0.2) is 113 Å². The van der Waals surface area contributed by atoms with Crippen molar-refractivity contribution in [1.82, 2.24) is 24.8 Å². The van der Waals surface area contributed by atoms with Gasteiger partial charge < -0.3 is 29.1 Å². The molecule has 8 heterocycles. The predicted molar refractivity (Wildman–Crippen MR) is 234 cm³/mol. The number of thiophene rings is 2. The van der Waals surface area contributed by atoms with Gasteiger partial charge in [0.25, 0.3) is 0 Å². The summed E-state index contributed by atoms with van der Waals surface area (Å²) in [6.07, 6.45) is 2.45. The molecule has 4 fully saturated rings. The van der Waals surface area contributed by atoms with Gasteiger partial charge in [0.05, 0.1) is 46.9 Å². The van der Waals surface area contributed by atoms with Gasteiger partial charge >= 0.3 is 5.97 Å². The number of ketones is 1. The lowest BCUT2D eigenvalue weighted by Crippen LogP contribution is -2.39. The number of ether oxygens (including phenoxy) is 3. The smallest absolute Gasteiger partial charge is 0.323 e. The number of anilines is 2. The summed E-state index contributed by atoms with van der Waals surface area (Å²) < 4.78 is 18.4. The maximum atomic E-state index is 11.9. The van der Waals surface area contributed by atoms with Gasteiger partial charge in [0.15, 0.2) is 29.1 Å². The Bertz CT molecular complexity index is 2460. The number of morpholine rings is 3. The number of rotatable bonds is 9. The van der Waals surface area contributed by atoms with Crippen LogP contribution in [-0.2, 0) is 36.8 Å². The van der Waals surface area contributed by atoms with Gasteiger partial charge in [0.1, 0.15) is 17.9 Å². The normalized spacial score (nSPS) is 18.8. The van der Waals surface area contributed by atoms with Crippen molar-refractivity contribution in [2.24, 2.45) is 0 Å². The zero-order chi connectivity index (χ0) is 38.9. The van der Waals surface area contributed by atoms with E-state index < -0.39 is 0 Å². The van der Waals surface area contributed by atoms with Crippen molar-refractivity contribution in [3.63, 3.8) is 0 Å². The number of benzene rings is 2. The average molecular weight is 836 g/mol. The van der Waals surface area contributed by atoms with Crippen molar-refractivity contribution in [3.05, 3.63) is 89.1 Å². The van der Waals surface area contributed by atoms with Gasteiger partial charge in [-0.15, -0.1) is 22.7 Å². The number of aromatic nitrogens is 4. The first-order valence-corrected chi connectivity index (χ1v) is 20.8. The molecule has 0 spiro atoms. The third-order valence-electron chi connectivity index (χ3n) is 10.5. The Kier molecular flexibility index (Phi) is 13.0. The molecule has 0 unspecified atom stereocenters. The van der Waals surface area contributed by atoms with E-state index in [1.807, 2.05) is 53.2 Å². The van der Waals surface area contributed by atoms with E-state index in [2.05, 4.69) is 21.3 Å². The number of phenols is 1. The first kappa shape index (κ1) is 41.8. The fourth-order valence-corrected chi connectivity index (χ4v) is 9.46. The molecule has 2 bridgehead atoms. The summed E-state index contributed by atoms with van der Waals surface area (Å²) in [7, 11) is 0. The van der Waals surface area contributed by atoms with E-state index in [1.54, 1.807) is 34.8 Å². The summed E-state index contributed by atoms with van der Waals surface area (Å²) in [6, 6.07) is 17.2. The Morgan fingerprint density at radius 2 is 1.39 bits per heavy atom. The summed E-state index contributed by atoms with van der Waals surface area (Å²) in [4.78, 5) is 49.5. The van der Waals surface area contributed by atoms with Gasteiger partial charge in [-0.3, -0.25) is 14.5 Å². The molecule has 308 valence electrons. The van der Waals surface area contributed by atoms with Crippen LogP contribution in [0.2, 0.25) is 0 Å². The molecular formula is C44H49N7O6S2. The Labute approximate surface area is 351 Å². The highest BCUT2D eigenvalue weighted by Gasteiger charge is 2.46. The number of phenolic OH excluding ortho intramolecular Hbond substituents is 1. The summed E-state index contributed by atoms with van der Waals surface area (Å²) >= 11 is 3.30. The van der Waals surface area contributed by atoms with Gasteiger partial charge in [-0.2, -0.15) is 0 Å². The van der Waals surface area contributed by atoms with Crippen LogP contribution in [0.15, 0.2) is 78.0 Å². The molecule has 0 saturated carbocycles. The van der Waals surface area contributed by atoms with Gasteiger partial charge in [-0.25, -0.2) is 19.9 Å². The summed E-state index contributed by atoms with van der Waals surface area (Å²) in [5, 5.41) is 14.5. The van der Waals surface area contributed by atoms with E-state index in [1.165, 1.54) is 6.08 Å². The second kappa shape index (κ2) is 18.3. The molecule has 4 aliphatic rings. The van der Waals surface area contributed by atoms with E-state index in [9.17, 15) is 14.7 Å². The second-order valence-corrected chi connectivity index (χ2v) is 16.2. The van der Waals surface area contributed by atoms with Crippen molar-refractivity contribution in [2.75, 3.05) is 69.0 Å². The minimum Gasteiger partial charge on any atom is -0.508 e. The molecule has 0 amide bonds. The third kappa shape index (κ3) is 8.99. The van der Waals surface area contributed by atoms with E-state index in [0.29, 0.717) is 51.0 Å². The van der Waals surface area contributed by atoms with Crippen LogP contribution in [0.4, 0.5) is 11.6 Å². The number of hydrogen-bond donors (Lipinski definition) is 1. The van der Waals surface area contributed by atoms with Crippen molar-refractivity contribution < 1.29 is 28.9 Å². The molecule has 4 aliphatic heterocycles. The van der Waals surface area contributed by atoms with Gasteiger partial charge in [0, 0.05) is 63.2 Å². The van der Waals surface area contributed by atoms with E-state index in [0.717, 1.165) is 93.5 Å². The first-order chi connectivity index (χ1) is 27.9. The van der Waals surface area contributed by atoms with E-state index in [-0.39, 0.29) is 44.5 Å². The monoisotopic (exact) mass is 835 g/mol. The Hall–Kier alpha value is -5.32. The van der Waals surface area contributed by atoms with Crippen molar-refractivity contribution in [2.45, 2.75) is 46.4 Å². The summed E-state index contributed by atoms with van der Waals surface area (Å²) in [5.41, 5.74) is 5.41. The second-order valence-electron chi connectivity index (χ2n) is 14.4. The highest BCUT2D eigenvalue weighted by atomic mass is 32.1. The number of carbonyl (C=O) groups is 2. The van der Waals surface area contributed by atoms with Crippen molar-refractivity contribution >= 4 is 66.5 Å². The minimum absolute atomic E-state index is 0. The molecule has 0 radical (unpaired) electrons. The third-order valence-corrected chi connectivity index (χ3v) is 12.3. The highest BCUT2D eigenvalue weighted by Crippen LogP contribution is 2.36. The molecule has 4 saturated heterocycles. The van der Waals surface area contributed by atoms with Crippen LogP contribution in [0.1, 0.15) is 32.4 Å². The number of allylic oxidation sites excluding steroid dienone is 1. The zero-order valence-corrected chi connectivity index (χ0v) is 32.8. The van der Waals surface area contributed by atoms with Crippen LogP contribution in [0, 0.1) is 0 Å². The largest absolute Gasteiger partial charge is 0.508 e. The summed E-state index contributed by atoms with van der Waals surface area (Å²) in [5.74, 6) is 3.20. The molecule has 10 rings (SSSR count). The maximum absolute atomic E-state index is 11.9. The minimum atomic E-state index is -0.179. The van der Waals surface area contributed by atoms with Crippen LogP contribution >= 0.6 is 22.7 Å². The lowest BCUT2D eigenvalue weighted by molar-refractivity contribution is -0.151. The molecule has 2 aromatic carbocycles. The average Bonchev–Trinajstić information content (AvgIpc) is 4.06. The molecule has 4 aromatic heterocycles. The molecule has 6 aromatic rings. The lowest BCUT2D eigenvalue weighted by atomic mass is 10.1. The number of hydrogen-bond acceptors (Lipinski definition) is 15. The fourth-order valence-electron chi connectivity index (χ4n) is 7.77. The quantitative estimate of drug-likeness (QED) is 0.116. The number of fused-ring (bicyclic) bond motifs is 4. The molecule has 2 atom stereocenters. The predicted octanol–water partition coefficient (Wildman–Crippen LogP) is 7.16. The van der Waals surface area contributed by atoms with Crippen LogP contribution in [0.5, 0.6) is 5.75 Å². The standard InChI is InChI=1S/C22H22N4O4S.C20H19N3O2S.2CH4/c27-15-8-13(11-26-12-16-10-18(26)22(28)30-16)7-14(9-15)20-23-17-1-6-31-19(17)21(24-20)25-2-4-29-5-3-25;1-2-16(24)13-14-4-3-5-15(12-14)19-21-17-6-11-26-18(17)20(22-19)23-7-9-25-10-8-23;;/h1,6-9,16,18,27H,2-5,10-12H2;2-6,11-12H,1,7-10,13H2;2*1H4/t16-,18-;;;/m0.../s1. The molecule has 59 heavy (non-hydrogen) atoms. The van der Waals surface area contributed by atoms with Gasteiger partial charge in [-0.05, 0) is 64.4 Å². The van der Waals surface area contributed by atoms with Gasteiger partial charge in [0.2, 0.25) is 0 Å². The summed E-state index contributed by atoms with van der Waals surface area (Å²) in [6.45, 7) is 10.9. The van der Waals surface area contributed by atoms with Crippen LogP contribution < -0.4 is 9.80 Å². The zero-order valence-electron chi connectivity index (χ0n) is 31.2. The van der Waals surface area contributed by atoms with Crippen molar-refractivity contribution in [1.29, 1.82) is 0 Å². The number of likely N-dealkylation sites (tertiary alicyclic amines) is 1. The Morgan fingerprint density at radius 3 is 1.97 bits per heavy atom. The molecule has 1 N–H and O–H groups in total. The van der Waals surface area contributed by atoms with E-state index in [4.69, 9.17) is 34.1 Å². The van der Waals surface area contributed by atoms with Crippen LogP contribution in [0.25, 0.3) is 43.2 Å². The van der Waals surface area contributed by atoms with Crippen molar-refractivity contribution in [3.8, 4) is 28.5 Å². The Morgan fingerprint density at radius 1 is 0.797 bits per heavy atom. The first-order valence-electron chi connectivity index (χ1n) is 19.1. The fraction of sp³-hybridized carbons (Fsp3) is 0.364. The number of carbonyl (C=O) groups excluding carboxylic acids is 2. The molecule has 15 heteroatoms. The SMILES string of the molecule is C.C.C=CC(=O)Cc1cccc(-c2nc(N3CCOCC3)c3sccc3n2)c1.O=C1O[C@H]2C[C@@H]1N(Cc1cc(O)cc(-c3nc(N4CCOCC4)c4sccc4n3)c1)C2. The Balaban J connectivity index is 0.000000176. The van der Waals surface area contributed by atoms with Gasteiger partial charge in [-0.1, -0.05) is 39.6 Å². The number of esters is 1. The maximum Gasteiger partial charge on any atom is 0.323 e. The highest BCUT2D eigenvalue weighted by molar-refractivity contribution is 7.18. The number of aromatic hydroxyl groups is 1. The lowest BCUT2D eigenvalue weighted by Gasteiger charge is -2.28. The van der Waals surface area contributed by atoms with Crippen LogP contribution in [0.3, 0.4) is 0 Å². The topological polar surface area (TPSA) is 143 Å².